The van der Waals surface area contributed by atoms with E-state index in [-0.39, 0.29) is 99.7 Å². The number of guanidine groups is 2. The summed E-state index contributed by atoms with van der Waals surface area (Å²) < 4.78 is 0. The predicted octanol–water partition coefficient (Wildman–Crippen LogP) is -4.78. The molecule has 9 atom stereocenters. The highest BCUT2D eigenvalue weighted by atomic mass is 32.2. The molecule has 1 aliphatic heterocycles. The normalized spacial score (nSPS) is 17.8. The number of H-pyrrole nitrogens is 1. The fourth-order valence-corrected chi connectivity index (χ4v) is 10.9. The Morgan fingerprint density at radius 3 is 1.88 bits per heavy atom. The number of aromatic amines is 1. The maximum atomic E-state index is 14.8. The number of thioether (sulfide) groups is 1. The van der Waals surface area contributed by atoms with Crippen LogP contribution in [-0.4, -0.2) is 192 Å². The van der Waals surface area contributed by atoms with Crippen molar-refractivity contribution < 1.29 is 67.4 Å². The number of rotatable bonds is 30. The number of carbonyl (C=O) groups is 13. The number of hydrogen-bond acceptors (Lipinski definition) is 17. The summed E-state index contributed by atoms with van der Waals surface area (Å²) in [7, 11) is 0. The second-order valence-electron chi connectivity index (χ2n) is 23.8. The molecule has 35 heteroatoms. The first kappa shape index (κ1) is 78.2. The number of amides is 13. The van der Waals surface area contributed by atoms with Crippen LogP contribution in [-0.2, 0) is 75.2 Å². The second-order valence-corrected chi connectivity index (χ2v) is 24.9. The Hall–Kier alpha value is -10.2. The summed E-state index contributed by atoms with van der Waals surface area (Å²) in [5.41, 5.74) is 28.8. The van der Waals surface area contributed by atoms with E-state index in [1.807, 2.05) is 0 Å². The number of benzene rings is 2. The van der Waals surface area contributed by atoms with E-state index in [0.29, 0.717) is 27.1 Å². The summed E-state index contributed by atoms with van der Waals surface area (Å²) in [6.45, 7) is 9.29. The lowest BCUT2D eigenvalue weighted by molar-refractivity contribution is -0.135. The van der Waals surface area contributed by atoms with Gasteiger partial charge in [-0.2, -0.15) is 0 Å². The SMILES string of the molecule is CC(=O)NCC(=O)N[C@@H](Cc1ccc(O)cc1)C(=O)N[C@@H](CCCN=C(N)N)C(=O)N[C@@H](C)C(=O)N[C@@H](CC(C)C)C(=O)N[C@H]1CSc2[nH]c3ccccc3c2C[C@@H](C(=O)N[C@@H](CCCN=C(N)N)C(=O)NCC(N)=O)NC(=O)[C@H](CC(C)C)NC(=O)[C@H](C)NC(=O)CNC1=O. The number of para-hydroxylation sites is 1. The van der Waals surface area contributed by atoms with E-state index in [1.165, 1.54) is 45.0 Å². The van der Waals surface area contributed by atoms with Crippen LogP contribution >= 0.6 is 11.8 Å². The first-order chi connectivity index (χ1) is 45.3. The molecule has 2 heterocycles. The van der Waals surface area contributed by atoms with E-state index >= 15 is 0 Å². The quantitative estimate of drug-likeness (QED) is 0.0169. The molecule has 0 saturated carbocycles. The molecule has 1 aliphatic rings. The summed E-state index contributed by atoms with van der Waals surface area (Å²) in [4.78, 5) is 189. The van der Waals surface area contributed by atoms with Gasteiger partial charge >= 0.3 is 0 Å². The van der Waals surface area contributed by atoms with Crippen LogP contribution in [0.4, 0.5) is 0 Å². The Kier molecular flexibility index (Phi) is 31.6. The molecule has 24 N–H and O–H groups in total. The Labute approximate surface area is 559 Å². The number of phenols is 1. The molecular formula is C61H92N20O14S. The Balaban J connectivity index is 1.71. The van der Waals surface area contributed by atoms with Crippen molar-refractivity contribution in [1.82, 2.24) is 68.8 Å². The summed E-state index contributed by atoms with van der Waals surface area (Å²) >= 11 is 1.01. The molecule has 0 bridgehead atoms. The van der Waals surface area contributed by atoms with Crippen molar-refractivity contribution in [3.05, 3.63) is 59.7 Å². The Morgan fingerprint density at radius 1 is 0.656 bits per heavy atom. The van der Waals surface area contributed by atoms with E-state index in [1.54, 1.807) is 52.0 Å². The minimum Gasteiger partial charge on any atom is -0.508 e. The van der Waals surface area contributed by atoms with Gasteiger partial charge in [0, 0.05) is 49.5 Å². The van der Waals surface area contributed by atoms with Gasteiger partial charge in [0.05, 0.1) is 24.7 Å². The summed E-state index contributed by atoms with van der Waals surface area (Å²) in [6.07, 6.45) is -0.251. The summed E-state index contributed by atoms with van der Waals surface area (Å²) in [6, 6.07) is 0.248. The third-order valence-corrected chi connectivity index (χ3v) is 15.7. The number of hydrogen-bond donors (Lipinski definition) is 19. The third-order valence-electron chi connectivity index (χ3n) is 14.6. The molecular weight excluding hydrogens is 1270 g/mol. The monoisotopic (exact) mass is 1360 g/mol. The molecule has 0 saturated heterocycles. The summed E-state index contributed by atoms with van der Waals surface area (Å²) in [5, 5.41) is 41.7. The predicted molar refractivity (Wildman–Crippen MR) is 356 cm³/mol. The highest BCUT2D eigenvalue weighted by Crippen LogP contribution is 2.32. The molecule has 4 rings (SSSR count). The van der Waals surface area contributed by atoms with Crippen molar-refractivity contribution in [3.63, 3.8) is 0 Å². The lowest BCUT2D eigenvalue weighted by atomic mass is 10.00. The van der Waals surface area contributed by atoms with Crippen LogP contribution in [0.5, 0.6) is 5.75 Å². The number of nitrogens with zero attached hydrogens (tertiary/aromatic N) is 2. The number of aliphatic imine (C=N–C) groups is 2. The van der Waals surface area contributed by atoms with Gasteiger partial charge < -0.3 is 103 Å². The number of aromatic hydroxyl groups is 1. The molecule has 1 aromatic heterocycles. The fraction of sp³-hybridized carbons (Fsp3) is 0.525. The van der Waals surface area contributed by atoms with Gasteiger partial charge in [-0.15, -0.1) is 11.8 Å². The number of nitrogens with one attached hydrogen (secondary N) is 13. The van der Waals surface area contributed by atoms with Crippen molar-refractivity contribution in [1.29, 1.82) is 0 Å². The van der Waals surface area contributed by atoms with Crippen molar-refractivity contribution in [2.75, 3.05) is 38.5 Å². The maximum absolute atomic E-state index is 14.8. The minimum absolute atomic E-state index is 0.0221. The lowest BCUT2D eigenvalue weighted by Gasteiger charge is -2.27. The summed E-state index contributed by atoms with van der Waals surface area (Å²) in [5.74, 6) is -11.9. The van der Waals surface area contributed by atoms with E-state index in [9.17, 15) is 67.4 Å². The van der Waals surface area contributed by atoms with Crippen LogP contribution < -0.4 is 92.5 Å². The van der Waals surface area contributed by atoms with Crippen molar-refractivity contribution >= 4 is 111 Å². The zero-order chi connectivity index (χ0) is 71.3. The highest BCUT2D eigenvalue weighted by molar-refractivity contribution is 7.99. The fourth-order valence-electron chi connectivity index (χ4n) is 9.75. The van der Waals surface area contributed by atoms with E-state index in [0.717, 1.165) is 11.8 Å². The highest BCUT2D eigenvalue weighted by Gasteiger charge is 2.36. The zero-order valence-corrected chi connectivity index (χ0v) is 55.6. The van der Waals surface area contributed by atoms with Gasteiger partial charge in [0.25, 0.3) is 0 Å². The van der Waals surface area contributed by atoms with Crippen LogP contribution in [0.15, 0.2) is 63.5 Å². The van der Waals surface area contributed by atoms with E-state index < -0.39 is 151 Å². The first-order valence-electron chi connectivity index (χ1n) is 31.2. The Morgan fingerprint density at radius 2 is 1.27 bits per heavy atom. The van der Waals surface area contributed by atoms with Crippen LogP contribution in [0, 0.1) is 11.8 Å². The number of nitrogens with two attached hydrogens (primary N) is 5. The van der Waals surface area contributed by atoms with Gasteiger partial charge in [-0.05, 0) is 93.5 Å². The smallest absolute Gasteiger partial charge is 0.243 e. The standard InChI is InChI=1S/C61H92N20O14S/c1-30(2)22-42-55(92)79-45(58(95)75-40(14-10-20-67-60(63)64)52(89)70-26-47(62)84)25-38-37-12-8-9-13-39(37)81-59(38)96-29-46(53(90)71-28-48(85)72-32(5)50(87)77-42)80-56(93)43(23-31(3)4)78-51(88)33(6)73-54(91)41(15-11-21-68-61(65)66)76-57(94)44(74-49(86)27-69-34(7)82)24-35-16-18-36(83)19-17-35/h8-9,12-13,16-19,30-33,40-46,81,83H,10-11,14-15,20-29H2,1-7H3,(H2,62,84)(H,69,82)(H,70,89)(H,71,90)(H,72,85)(H,73,91)(H,74,86)(H,75,95)(H,76,94)(H,77,87)(H,78,88)(H,79,92)(H,80,93)(H4,63,64,67)(H4,65,66,68)/t32-,33-,40-,41-,42-,43-,44-,45-,46-/m0/s1. The van der Waals surface area contributed by atoms with Gasteiger partial charge in [-0.25, -0.2) is 0 Å². The van der Waals surface area contributed by atoms with Gasteiger partial charge in [-0.1, -0.05) is 58.0 Å². The zero-order valence-electron chi connectivity index (χ0n) is 54.8. The molecule has 526 valence electrons. The Bertz CT molecular complexity index is 3320. The number of aromatic nitrogens is 1. The number of fused-ring (bicyclic) bond motifs is 3. The number of carbonyl (C=O) groups excluding carboxylic acids is 13. The van der Waals surface area contributed by atoms with Gasteiger partial charge in [0.2, 0.25) is 76.8 Å². The molecule has 96 heavy (non-hydrogen) atoms. The molecule has 13 amide bonds. The van der Waals surface area contributed by atoms with Gasteiger partial charge in [-0.3, -0.25) is 72.3 Å². The molecule has 0 fully saturated rings. The van der Waals surface area contributed by atoms with Crippen LogP contribution in [0.2, 0.25) is 0 Å². The number of primary amides is 1. The average molecular weight is 1360 g/mol. The minimum atomic E-state index is -1.52. The van der Waals surface area contributed by atoms with Crippen molar-refractivity contribution in [2.45, 2.75) is 159 Å². The lowest BCUT2D eigenvalue weighted by Crippen LogP contribution is -2.59. The molecule has 2 aromatic carbocycles. The molecule has 3 aromatic rings. The topological polar surface area (TPSA) is 557 Å². The third kappa shape index (κ3) is 27.4. The molecule has 34 nitrogen and oxygen atoms in total. The van der Waals surface area contributed by atoms with Crippen molar-refractivity contribution in [3.8, 4) is 5.75 Å². The maximum Gasteiger partial charge on any atom is 0.243 e. The van der Waals surface area contributed by atoms with Crippen LogP contribution in [0.1, 0.15) is 98.1 Å². The molecule has 0 aliphatic carbocycles. The first-order valence-corrected chi connectivity index (χ1v) is 32.2. The van der Waals surface area contributed by atoms with Gasteiger partial charge in [0.15, 0.2) is 11.9 Å². The molecule has 0 unspecified atom stereocenters. The van der Waals surface area contributed by atoms with Gasteiger partial charge in [0.1, 0.15) is 60.1 Å². The van der Waals surface area contributed by atoms with Crippen molar-refractivity contribution in [2.24, 2.45) is 50.5 Å². The largest absolute Gasteiger partial charge is 0.508 e. The van der Waals surface area contributed by atoms with E-state index in [2.05, 4.69) is 78.8 Å². The molecule has 0 spiro atoms. The molecule has 0 radical (unpaired) electrons. The van der Waals surface area contributed by atoms with Crippen LogP contribution in [0.25, 0.3) is 10.9 Å². The van der Waals surface area contributed by atoms with E-state index in [4.69, 9.17) is 28.7 Å². The number of phenolic OH excluding ortho intramolecular Hbond substituents is 1. The average Bonchev–Trinajstić information content (AvgIpc) is 1.64. The van der Waals surface area contributed by atoms with Crippen LogP contribution in [0.3, 0.4) is 0 Å². The second kappa shape index (κ2) is 38.8.